The third-order valence-corrected chi connectivity index (χ3v) is 7.30. The lowest BCUT2D eigenvalue weighted by Gasteiger charge is -2.25. The van der Waals surface area contributed by atoms with Crippen molar-refractivity contribution in [3.63, 3.8) is 0 Å². The van der Waals surface area contributed by atoms with Crippen molar-refractivity contribution in [2.75, 3.05) is 32.1 Å². The first-order valence-electron chi connectivity index (χ1n) is 12.8. The van der Waals surface area contributed by atoms with Crippen LogP contribution in [0.2, 0.25) is 10.3 Å². The van der Waals surface area contributed by atoms with Crippen molar-refractivity contribution in [2.45, 2.75) is 63.8 Å². The van der Waals surface area contributed by atoms with Crippen LogP contribution in [0.5, 0.6) is 11.5 Å². The number of likely N-dealkylation sites (tertiary alicyclic amines) is 1. The van der Waals surface area contributed by atoms with Gasteiger partial charge in [-0.15, -0.1) is 0 Å². The van der Waals surface area contributed by atoms with E-state index in [0.29, 0.717) is 18.1 Å². The number of nitrogens with zero attached hydrogens (tertiary/aromatic N) is 3. The first-order valence-corrected chi connectivity index (χ1v) is 13.6. The van der Waals surface area contributed by atoms with Crippen molar-refractivity contribution in [1.29, 1.82) is 0 Å². The number of amides is 2. The van der Waals surface area contributed by atoms with Crippen LogP contribution in [0, 0.1) is 0 Å². The van der Waals surface area contributed by atoms with Crippen LogP contribution < -0.4 is 25.4 Å². The van der Waals surface area contributed by atoms with Crippen LogP contribution >= 0.6 is 23.2 Å². The molecule has 0 radical (unpaired) electrons. The number of hydrogen-bond donors (Lipinski definition) is 3. The summed E-state index contributed by atoms with van der Waals surface area (Å²) in [5.41, 5.74) is 0.187. The molecule has 2 aliphatic heterocycles. The second-order valence-electron chi connectivity index (χ2n) is 9.73. The van der Waals surface area contributed by atoms with E-state index >= 15 is 0 Å². The average molecular weight is 566 g/mol. The lowest BCUT2D eigenvalue weighted by molar-refractivity contribution is -0.125. The molecule has 2 saturated heterocycles. The van der Waals surface area contributed by atoms with Crippen LogP contribution in [0.1, 0.15) is 51.3 Å². The van der Waals surface area contributed by atoms with Gasteiger partial charge in [-0.05, 0) is 77.0 Å². The lowest BCUT2D eigenvalue weighted by Crippen LogP contribution is -2.39. The van der Waals surface area contributed by atoms with E-state index in [1.54, 1.807) is 24.3 Å². The summed E-state index contributed by atoms with van der Waals surface area (Å²) in [6.45, 7) is 5.66. The van der Waals surface area contributed by atoms with Gasteiger partial charge in [0.2, 0.25) is 5.91 Å². The van der Waals surface area contributed by atoms with E-state index in [1.165, 1.54) is 6.92 Å². The predicted octanol–water partition coefficient (Wildman–Crippen LogP) is 3.59. The molecule has 10 nitrogen and oxygen atoms in total. The summed E-state index contributed by atoms with van der Waals surface area (Å²) < 4.78 is 12.2. The Morgan fingerprint density at radius 1 is 1.13 bits per heavy atom. The third kappa shape index (κ3) is 7.25. The second kappa shape index (κ2) is 12.9. The number of pyridine rings is 2. The molecule has 0 aliphatic carbocycles. The van der Waals surface area contributed by atoms with E-state index < -0.39 is 17.9 Å². The minimum Gasteiger partial charge on any atom is -0.488 e. The lowest BCUT2D eigenvalue weighted by atomic mass is 10.1. The first-order chi connectivity index (χ1) is 18.2. The molecule has 3 N–H and O–H groups in total. The average Bonchev–Trinajstić information content (AvgIpc) is 3.55. The quantitative estimate of drug-likeness (QED) is 0.375. The van der Waals surface area contributed by atoms with Crippen LogP contribution in [0.3, 0.4) is 0 Å². The van der Waals surface area contributed by atoms with Crippen LogP contribution in [0.4, 0.5) is 5.82 Å². The number of rotatable bonds is 10. The van der Waals surface area contributed by atoms with Gasteiger partial charge in [0.15, 0.2) is 17.6 Å². The summed E-state index contributed by atoms with van der Waals surface area (Å²) in [4.78, 5) is 36.6. The van der Waals surface area contributed by atoms with Gasteiger partial charge < -0.3 is 30.3 Å². The van der Waals surface area contributed by atoms with E-state index in [-0.39, 0.29) is 40.0 Å². The van der Waals surface area contributed by atoms with Crippen LogP contribution in [0.15, 0.2) is 24.3 Å². The molecule has 0 bridgehead atoms. The summed E-state index contributed by atoms with van der Waals surface area (Å²) in [5, 5.41) is 9.18. The zero-order valence-electron chi connectivity index (χ0n) is 21.8. The highest BCUT2D eigenvalue weighted by molar-refractivity contribution is 6.29. The molecule has 0 spiro atoms. The van der Waals surface area contributed by atoms with Gasteiger partial charge in [-0.3, -0.25) is 9.59 Å². The van der Waals surface area contributed by atoms with E-state index in [2.05, 4.69) is 37.9 Å². The Morgan fingerprint density at radius 3 is 2.53 bits per heavy atom. The van der Waals surface area contributed by atoms with Crippen molar-refractivity contribution in [1.82, 2.24) is 25.5 Å². The molecule has 2 amide bonds. The van der Waals surface area contributed by atoms with Crippen LogP contribution in [0.25, 0.3) is 0 Å². The molecule has 2 aromatic rings. The Bertz CT molecular complexity index is 1150. The normalized spacial score (nSPS) is 21.1. The Hall–Kier alpha value is -2.66. The maximum absolute atomic E-state index is 13.6. The number of carbonyl (C=O) groups excluding carboxylic acids is 2. The van der Waals surface area contributed by atoms with Crippen molar-refractivity contribution in [2.24, 2.45) is 0 Å². The Morgan fingerprint density at radius 2 is 1.87 bits per heavy atom. The molecular formula is C26H34Cl2N6O4. The van der Waals surface area contributed by atoms with E-state index in [1.807, 2.05) is 6.92 Å². The Labute approximate surface area is 232 Å². The number of aromatic nitrogens is 2. The minimum atomic E-state index is -1.21. The zero-order valence-corrected chi connectivity index (χ0v) is 23.3. The maximum Gasteiger partial charge on any atom is 0.254 e. The number of carbonyl (C=O) groups is 2. The smallest absolute Gasteiger partial charge is 0.254 e. The van der Waals surface area contributed by atoms with Crippen molar-refractivity contribution in [3.8, 4) is 11.5 Å². The summed E-state index contributed by atoms with van der Waals surface area (Å²) in [6, 6.07) is 5.73. The van der Waals surface area contributed by atoms with Gasteiger partial charge in [0.25, 0.3) is 5.91 Å². The standard InChI is InChI=1S/C26H34Cl2N6O4/c1-15(18-7-4-12-29-18)38-19-8-10-21(27)31-23(19)24(30-16(2)35)26(36)33-25-20(9-11-22(28)32-25)37-14-17-6-5-13-34(17)3/h8-11,15,17-18,24,29H,4-7,12-14H2,1-3H3,(H,30,35)(H,32,33,36)/t15?,17-,18+,24?/m1/s1. The van der Waals surface area contributed by atoms with Gasteiger partial charge in [0.1, 0.15) is 34.5 Å². The summed E-state index contributed by atoms with van der Waals surface area (Å²) >= 11 is 12.4. The Kier molecular flexibility index (Phi) is 9.64. The van der Waals surface area contributed by atoms with Gasteiger partial charge in [0.05, 0.1) is 0 Å². The van der Waals surface area contributed by atoms with Gasteiger partial charge in [0, 0.05) is 19.0 Å². The topological polar surface area (TPSA) is 118 Å². The highest BCUT2D eigenvalue weighted by Gasteiger charge is 2.31. The number of hydrogen-bond acceptors (Lipinski definition) is 8. The van der Waals surface area contributed by atoms with Crippen LogP contribution in [-0.2, 0) is 9.59 Å². The summed E-state index contributed by atoms with van der Waals surface area (Å²) in [7, 11) is 2.06. The SMILES string of the molecule is CC(=O)NC(C(=O)Nc1nc(Cl)ccc1OC[C@H]1CCCN1C)c1nc(Cl)ccc1OC(C)[C@@H]1CCCN1. The molecule has 4 heterocycles. The number of anilines is 1. The fourth-order valence-electron chi connectivity index (χ4n) is 4.79. The van der Waals surface area contributed by atoms with E-state index in [9.17, 15) is 9.59 Å². The molecule has 12 heteroatoms. The number of nitrogens with one attached hydrogen (secondary N) is 3. The predicted molar refractivity (Wildman–Crippen MR) is 146 cm³/mol. The largest absolute Gasteiger partial charge is 0.488 e. The van der Waals surface area contributed by atoms with Gasteiger partial charge in [-0.1, -0.05) is 23.2 Å². The highest BCUT2D eigenvalue weighted by atomic mass is 35.5. The molecular weight excluding hydrogens is 531 g/mol. The number of ether oxygens (including phenoxy) is 2. The van der Waals surface area contributed by atoms with Crippen molar-refractivity contribution < 1.29 is 19.1 Å². The van der Waals surface area contributed by atoms with Crippen molar-refractivity contribution >= 4 is 40.8 Å². The fourth-order valence-corrected chi connectivity index (χ4v) is 5.09. The second-order valence-corrected chi connectivity index (χ2v) is 10.5. The molecule has 2 aromatic heterocycles. The number of likely N-dealkylation sites (N-methyl/N-ethyl adjacent to an activating group) is 1. The molecule has 206 valence electrons. The molecule has 0 saturated carbocycles. The molecule has 4 atom stereocenters. The van der Waals surface area contributed by atoms with Crippen molar-refractivity contribution in [3.05, 3.63) is 40.3 Å². The van der Waals surface area contributed by atoms with E-state index in [0.717, 1.165) is 38.8 Å². The molecule has 2 aliphatic rings. The highest BCUT2D eigenvalue weighted by Crippen LogP contribution is 2.31. The minimum absolute atomic E-state index is 0.145. The van der Waals surface area contributed by atoms with Gasteiger partial charge in [-0.25, -0.2) is 9.97 Å². The summed E-state index contributed by atoms with van der Waals surface area (Å²) in [6.07, 6.45) is 3.99. The van der Waals surface area contributed by atoms with Gasteiger partial charge >= 0.3 is 0 Å². The molecule has 4 rings (SSSR count). The molecule has 38 heavy (non-hydrogen) atoms. The first kappa shape index (κ1) is 28.4. The maximum atomic E-state index is 13.6. The fraction of sp³-hybridized carbons (Fsp3) is 0.538. The zero-order chi connectivity index (χ0) is 27.2. The monoisotopic (exact) mass is 564 g/mol. The van der Waals surface area contributed by atoms with Gasteiger partial charge in [-0.2, -0.15) is 0 Å². The Balaban J connectivity index is 1.57. The number of halogens is 2. The summed E-state index contributed by atoms with van der Waals surface area (Å²) in [5.74, 6) is -0.149. The van der Waals surface area contributed by atoms with Crippen LogP contribution in [-0.4, -0.2) is 71.6 Å². The molecule has 2 fully saturated rings. The molecule has 2 unspecified atom stereocenters. The third-order valence-electron chi connectivity index (χ3n) is 6.88. The van der Waals surface area contributed by atoms with E-state index in [4.69, 9.17) is 32.7 Å². The molecule has 0 aromatic carbocycles.